The number of H-pyrrole nitrogens is 1. The fraction of sp³-hybridized carbons (Fsp3) is 0.111. The van der Waals surface area contributed by atoms with E-state index in [1.54, 1.807) is 0 Å². The van der Waals surface area contributed by atoms with Crippen LogP contribution in [0.4, 0.5) is 0 Å². The summed E-state index contributed by atoms with van der Waals surface area (Å²) in [5.74, 6) is -0.849. The molecule has 10 nitrogen and oxygen atoms in total. The van der Waals surface area contributed by atoms with Crippen molar-refractivity contribution in [3.63, 3.8) is 0 Å². The van der Waals surface area contributed by atoms with Gasteiger partial charge in [0.15, 0.2) is 11.5 Å². The molecule has 0 spiro atoms. The molecule has 2 aromatic heterocycles. The van der Waals surface area contributed by atoms with Crippen molar-refractivity contribution in [2.45, 2.75) is 6.92 Å². The Bertz CT molecular complexity index is 1700. The number of nitrogens with one attached hydrogen (secondary N) is 1. The van der Waals surface area contributed by atoms with E-state index in [-0.39, 0.29) is 111 Å². The van der Waals surface area contributed by atoms with Crippen molar-refractivity contribution in [1.82, 2.24) is 4.98 Å². The smallest absolute Gasteiger partial charge is 0.716 e. The average Bonchev–Trinajstić information content (AvgIpc) is 3.21. The largest absolute Gasteiger partial charge is 1.00 e. The number of thiophene rings is 1. The SMILES string of the molecule is COc1cc(Cl)c(C)c2c(OS(=O)(=O)[O-])c(-c3sc4c(Cl)cc(Cl)cc4c3OS(=O)(=O)[O-])[nH]c12.[Na+].[Na+]. The first kappa shape index (κ1) is 32.2. The summed E-state index contributed by atoms with van der Waals surface area (Å²) in [7, 11) is -9.31. The van der Waals surface area contributed by atoms with Crippen LogP contribution in [0.25, 0.3) is 31.6 Å². The van der Waals surface area contributed by atoms with Crippen LogP contribution < -0.4 is 72.2 Å². The Kier molecular flexibility index (Phi) is 10.4. The van der Waals surface area contributed by atoms with Crippen molar-refractivity contribution in [3.8, 4) is 27.8 Å². The normalized spacial score (nSPS) is 11.8. The molecule has 1 N–H and O–H groups in total. The number of aromatic nitrogens is 1. The number of halogens is 3. The third kappa shape index (κ3) is 6.42. The minimum atomic E-state index is -5.33. The fourth-order valence-electron chi connectivity index (χ4n) is 3.40. The molecule has 0 amide bonds. The summed E-state index contributed by atoms with van der Waals surface area (Å²) in [6, 6.07) is 4.12. The zero-order valence-electron chi connectivity index (χ0n) is 18.8. The summed E-state index contributed by atoms with van der Waals surface area (Å²) in [6.45, 7) is 1.53. The second-order valence-electron chi connectivity index (χ2n) is 6.77. The number of ether oxygens (including phenoxy) is 1. The van der Waals surface area contributed by atoms with Crippen LogP contribution in [-0.2, 0) is 20.8 Å². The maximum absolute atomic E-state index is 11.6. The Morgan fingerprint density at radius 3 is 2.06 bits per heavy atom. The topological polar surface area (TPSA) is 158 Å². The van der Waals surface area contributed by atoms with E-state index in [0.29, 0.717) is 5.56 Å². The van der Waals surface area contributed by atoms with Crippen LogP contribution >= 0.6 is 46.1 Å². The van der Waals surface area contributed by atoms with E-state index in [1.807, 2.05) is 0 Å². The van der Waals surface area contributed by atoms with E-state index in [2.05, 4.69) is 4.98 Å². The first-order chi connectivity index (χ1) is 15.7. The first-order valence-corrected chi connectivity index (χ1v) is 13.4. The van der Waals surface area contributed by atoms with Crippen molar-refractivity contribution < 1.29 is 98.2 Å². The molecule has 18 heteroatoms. The van der Waals surface area contributed by atoms with Crippen molar-refractivity contribution in [2.75, 3.05) is 7.11 Å². The maximum Gasteiger partial charge on any atom is 1.00 e. The number of aromatic amines is 1. The Labute approximate surface area is 268 Å². The third-order valence-electron chi connectivity index (χ3n) is 4.67. The molecule has 0 aliphatic carbocycles. The van der Waals surface area contributed by atoms with Gasteiger partial charge in [0, 0.05) is 21.5 Å². The quantitative estimate of drug-likeness (QED) is 0.160. The summed E-state index contributed by atoms with van der Waals surface area (Å²) in [4.78, 5) is 2.74. The van der Waals surface area contributed by atoms with Gasteiger partial charge in [0.1, 0.15) is 11.4 Å². The summed E-state index contributed by atoms with van der Waals surface area (Å²) < 4.78 is 84.3. The van der Waals surface area contributed by atoms with Crippen LogP contribution in [-0.4, -0.2) is 38.0 Å². The summed E-state index contributed by atoms with van der Waals surface area (Å²) >= 11 is 19.3. The third-order valence-corrected chi connectivity index (χ3v) is 7.67. The van der Waals surface area contributed by atoms with Gasteiger partial charge in [-0.3, -0.25) is 0 Å². The van der Waals surface area contributed by atoms with E-state index in [0.717, 1.165) is 11.3 Å². The van der Waals surface area contributed by atoms with Crippen LogP contribution in [0.1, 0.15) is 5.56 Å². The molecule has 0 bridgehead atoms. The van der Waals surface area contributed by atoms with Crippen LogP contribution in [0.15, 0.2) is 18.2 Å². The number of fused-ring (bicyclic) bond motifs is 2. The Morgan fingerprint density at radius 1 is 0.917 bits per heavy atom. The molecular weight excluding hydrogens is 623 g/mol. The van der Waals surface area contributed by atoms with Crippen molar-refractivity contribution >= 4 is 87.9 Å². The number of benzene rings is 2. The van der Waals surface area contributed by atoms with Crippen molar-refractivity contribution in [1.29, 1.82) is 0 Å². The molecule has 0 aliphatic heterocycles. The minimum Gasteiger partial charge on any atom is -0.716 e. The van der Waals surface area contributed by atoms with Gasteiger partial charge in [-0.1, -0.05) is 34.8 Å². The van der Waals surface area contributed by atoms with Gasteiger partial charge in [0.25, 0.3) is 20.8 Å². The predicted octanol–water partition coefficient (Wildman–Crippen LogP) is -0.987. The Morgan fingerprint density at radius 2 is 1.50 bits per heavy atom. The summed E-state index contributed by atoms with van der Waals surface area (Å²) in [6.07, 6.45) is 0. The van der Waals surface area contributed by atoms with E-state index in [1.165, 1.54) is 32.2 Å². The molecule has 2 aromatic carbocycles. The molecule has 2 heterocycles. The molecule has 4 aromatic rings. The Balaban J connectivity index is 0.00000228. The van der Waals surface area contributed by atoms with Crippen molar-refractivity contribution in [2.24, 2.45) is 0 Å². The second kappa shape index (κ2) is 11.6. The van der Waals surface area contributed by atoms with Gasteiger partial charge >= 0.3 is 59.1 Å². The van der Waals surface area contributed by atoms with Crippen LogP contribution in [0.3, 0.4) is 0 Å². The summed E-state index contributed by atoms with van der Waals surface area (Å²) in [5.41, 5.74) is 0.292. The monoisotopic (exact) mass is 631 g/mol. The van der Waals surface area contributed by atoms with Gasteiger partial charge in [-0.15, -0.1) is 11.3 Å². The van der Waals surface area contributed by atoms with Crippen LogP contribution in [0.2, 0.25) is 15.1 Å². The van der Waals surface area contributed by atoms with Gasteiger partial charge < -0.3 is 27.2 Å². The van der Waals surface area contributed by atoms with Crippen molar-refractivity contribution in [3.05, 3.63) is 38.8 Å². The number of hydrogen-bond acceptors (Lipinski definition) is 10. The Hall–Kier alpha value is 0.0300. The number of hydrogen-bond donors (Lipinski definition) is 1. The molecule has 0 aliphatic rings. The number of methoxy groups -OCH3 is 1. The molecule has 0 saturated carbocycles. The van der Waals surface area contributed by atoms with E-state index in [9.17, 15) is 25.9 Å². The molecule has 0 saturated heterocycles. The zero-order chi connectivity index (χ0) is 25.2. The molecule has 0 unspecified atom stereocenters. The van der Waals surface area contributed by atoms with Gasteiger partial charge in [0.05, 0.1) is 32.6 Å². The molecule has 36 heavy (non-hydrogen) atoms. The minimum absolute atomic E-state index is 0. The number of rotatable bonds is 6. The van der Waals surface area contributed by atoms with E-state index >= 15 is 0 Å². The van der Waals surface area contributed by atoms with Gasteiger partial charge in [0.2, 0.25) is 0 Å². The molecule has 0 radical (unpaired) electrons. The molecule has 182 valence electrons. The zero-order valence-corrected chi connectivity index (χ0v) is 27.5. The molecule has 0 atom stereocenters. The average molecular weight is 633 g/mol. The molecular formula is C18H10Cl3NNa2O9S3. The fourth-order valence-corrected chi connectivity index (χ4v) is 6.12. The second-order valence-corrected chi connectivity index (χ2v) is 11.0. The van der Waals surface area contributed by atoms with E-state index in [4.69, 9.17) is 47.9 Å². The van der Waals surface area contributed by atoms with Gasteiger partial charge in [-0.25, -0.2) is 16.8 Å². The first-order valence-electron chi connectivity index (χ1n) is 8.81. The van der Waals surface area contributed by atoms with Gasteiger partial charge in [-0.05, 0) is 24.6 Å². The standard InChI is InChI=1S/C18H12Cl3NO9S3.2Na/c1-6-9(20)5-11(29-2)13-12(6)16(31-34(26,27)28)14(22-13)18-15(30-33(23,24)25)8-3-7(19)4-10(21)17(8)32-18;;/h3-5,22H,1-2H3,(H,23,24,25)(H,26,27,28);;/q;2*+1/p-2. The van der Waals surface area contributed by atoms with Crippen LogP contribution in [0, 0.1) is 6.92 Å². The molecule has 4 rings (SSSR count). The summed E-state index contributed by atoms with van der Waals surface area (Å²) in [5, 5.41) is 0.477. The predicted molar refractivity (Wildman–Crippen MR) is 126 cm³/mol. The molecule has 0 fully saturated rings. The number of aryl methyl sites for hydroxylation is 1. The maximum atomic E-state index is 11.6. The van der Waals surface area contributed by atoms with Gasteiger partial charge in [-0.2, -0.15) is 0 Å². The van der Waals surface area contributed by atoms with E-state index < -0.39 is 32.3 Å². The van der Waals surface area contributed by atoms with Crippen LogP contribution in [0.5, 0.6) is 17.2 Å².